The van der Waals surface area contributed by atoms with Crippen LogP contribution in [-0.4, -0.2) is 29.4 Å². The molecule has 0 radical (unpaired) electrons. The van der Waals surface area contributed by atoms with Crippen LogP contribution in [0.2, 0.25) is 0 Å². The lowest BCUT2D eigenvalue weighted by Crippen LogP contribution is -2.42. The van der Waals surface area contributed by atoms with E-state index in [1.54, 1.807) is 0 Å². The zero-order valence-corrected chi connectivity index (χ0v) is 9.61. The molecule has 0 bridgehead atoms. The Labute approximate surface area is 92.0 Å². The number of rotatable bonds is 2. The van der Waals surface area contributed by atoms with E-state index in [0.717, 1.165) is 18.9 Å². The minimum atomic E-state index is -0.214. The Kier molecular flexibility index (Phi) is 3.29. The zero-order chi connectivity index (χ0) is 10.8. The summed E-state index contributed by atoms with van der Waals surface area (Å²) in [4.78, 5) is 13.8. The molecule has 1 amide bonds. The first-order valence-electron chi connectivity index (χ1n) is 6.28. The number of hydrogen-bond acceptors (Lipinski definition) is 2. The highest BCUT2D eigenvalue weighted by Crippen LogP contribution is 2.31. The Morgan fingerprint density at radius 3 is 2.40 bits per heavy atom. The topological polar surface area (TPSA) is 46.3 Å². The Bertz CT molecular complexity index is 234. The average Bonchev–Trinajstić information content (AvgIpc) is 2.60. The summed E-state index contributed by atoms with van der Waals surface area (Å²) in [6.07, 6.45) is 7.11. The monoisotopic (exact) mass is 210 g/mol. The fourth-order valence-corrected chi connectivity index (χ4v) is 2.95. The second-order valence-electron chi connectivity index (χ2n) is 5.01. The molecule has 2 N–H and O–H groups in total. The maximum atomic E-state index is 11.8. The lowest BCUT2D eigenvalue weighted by atomic mass is 9.84. The van der Waals surface area contributed by atoms with Crippen molar-refractivity contribution in [2.75, 3.05) is 6.54 Å². The molecule has 3 heteroatoms. The molecule has 15 heavy (non-hydrogen) atoms. The molecule has 1 saturated carbocycles. The maximum Gasteiger partial charge on any atom is 0.239 e. The first kappa shape index (κ1) is 10.9. The third-order valence-corrected chi connectivity index (χ3v) is 4.12. The summed E-state index contributed by atoms with van der Waals surface area (Å²) in [7, 11) is 0. The molecule has 3 nitrogen and oxygen atoms in total. The van der Waals surface area contributed by atoms with Gasteiger partial charge in [-0.05, 0) is 38.0 Å². The molecule has 1 aliphatic heterocycles. The van der Waals surface area contributed by atoms with E-state index >= 15 is 0 Å². The summed E-state index contributed by atoms with van der Waals surface area (Å²) >= 11 is 0. The number of carbonyl (C=O) groups excluding carboxylic acids is 1. The lowest BCUT2D eigenvalue weighted by Gasteiger charge is -2.34. The molecule has 86 valence electrons. The van der Waals surface area contributed by atoms with Gasteiger partial charge in [0.2, 0.25) is 5.91 Å². The molecule has 1 saturated heterocycles. The van der Waals surface area contributed by atoms with E-state index in [2.05, 4.69) is 6.92 Å². The fraction of sp³-hybridized carbons (Fsp3) is 0.917. The van der Waals surface area contributed by atoms with Crippen LogP contribution in [-0.2, 0) is 4.79 Å². The van der Waals surface area contributed by atoms with Crippen molar-refractivity contribution in [3.05, 3.63) is 0 Å². The van der Waals surface area contributed by atoms with Crippen LogP contribution in [0.25, 0.3) is 0 Å². The van der Waals surface area contributed by atoms with Crippen LogP contribution in [0.4, 0.5) is 0 Å². The van der Waals surface area contributed by atoms with Gasteiger partial charge in [0, 0.05) is 12.6 Å². The summed E-state index contributed by atoms with van der Waals surface area (Å²) in [5, 5.41) is 0. The quantitative estimate of drug-likeness (QED) is 0.751. The smallest absolute Gasteiger partial charge is 0.239 e. The van der Waals surface area contributed by atoms with Crippen LogP contribution in [0.15, 0.2) is 0 Å². The summed E-state index contributed by atoms with van der Waals surface area (Å²) < 4.78 is 0. The van der Waals surface area contributed by atoms with Gasteiger partial charge in [-0.2, -0.15) is 0 Å². The number of hydrogen-bond donors (Lipinski definition) is 1. The largest absolute Gasteiger partial charge is 0.338 e. The molecule has 2 fully saturated rings. The van der Waals surface area contributed by atoms with Gasteiger partial charge in [-0.1, -0.05) is 13.3 Å². The first-order valence-corrected chi connectivity index (χ1v) is 6.28. The Hall–Kier alpha value is -0.570. The first-order chi connectivity index (χ1) is 7.22. The number of carbonyl (C=O) groups is 1. The number of amides is 1. The molecule has 2 aliphatic rings. The van der Waals surface area contributed by atoms with E-state index in [-0.39, 0.29) is 11.9 Å². The average molecular weight is 210 g/mol. The molecule has 0 aromatic heterocycles. The molecule has 1 atom stereocenters. The normalized spacial score (nSPS) is 37.3. The summed E-state index contributed by atoms with van der Waals surface area (Å²) in [5.41, 5.74) is 5.74. The molecule has 1 aliphatic carbocycles. The van der Waals surface area contributed by atoms with E-state index in [0.29, 0.717) is 6.04 Å². The van der Waals surface area contributed by atoms with Gasteiger partial charge in [0.25, 0.3) is 0 Å². The van der Waals surface area contributed by atoms with Crippen LogP contribution in [0, 0.1) is 5.92 Å². The predicted octanol–water partition coefficient (Wildman–Crippen LogP) is 1.51. The van der Waals surface area contributed by atoms with Crippen molar-refractivity contribution in [1.82, 2.24) is 4.90 Å². The molecular formula is C12H22N2O. The second-order valence-corrected chi connectivity index (χ2v) is 5.01. The summed E-state index contributed by atoms with van der Waals surface area (Å²) in [6.45, 7) is 3.16. The predicted molar refractivity (Wildman–Crippen MR) is 60.3 cm³/mol. The summed E-state index contributed by atoms with van der Waals surface area (Å²) in [5.74, 6) is 1.09. The van der Waals surface area contributed by atoms with E-state index < -0.39 is 0 Å². The number of likely N-dealkylation sites (tertiary alicyclic amines) is 1. The van der Waals surface area contributed by atoms with E-state index in [9.17, 15) is 4.79 Å². The third-order valence-electron chi connectivity index (χ3n) is 4.12. The van der Waals surface area contributed by atoms with Crippen molar-refractivity contribution in [1.29, 1.82) is 0 Å². The highest BCUT2D eigenvalue weighted by atomic mass is 16.2. The van der Waals surface area contributed by atoms with E-state index in [4.69, 9.17) is 5.73 Å². The molecule has 0 spiro atoms. The highest BCUT2D eigenvalue weighted by molar-refractivity contribution is 5.84. The van der Waals surface area contributed by atoms with Crippen LogP contribution in [0.3, 0.4) is 0 Å². The van der Waals surface area contributed by atoms with Crippen LogP contribution in [0.5, 0.6) is 0 Å². The SMILES string of the molecule is CCC1CCC(N2CCC(N)C2=O)CC1. The van der Waals surface area contributed by atoms with Gasteiger partial charge in [0.1, 0.15) is 0 Å². The number of nitrogens with two attached hydrogens (primary N) is 1. The van der Waals surface area contributed by atoms with Crippen molar-refractivity contribution in [2.24, 2.45) is 11.7 Å². The van der Waals surface area contributed by atoms with Crippen molar-refractivity contribution in [2.45, 2.75) is 57.5 Å². The highest BCUT2D eigenvalue weighted by Gasteiger charge is 2.35. The molecule has 1 unspecified atom stereocenters. The van der Waals surface area contributed by atoms with Gasteiger partial charge in [-0.3, -0.25) is 4.79 Å². The van der Waals surface area contributed by atoms with E-state index in [1.165, 1.54) is 32.1 Å². The van der Waals surface area contributed by atoms with Crippen molar-refractivity contribution >= 4 is 5.91 Å². The van der Waals surface area contributed by atoms with Gasteiger partial charge in [-0.15, -0.1) is 0 Å². The lowest BCUT2D eigenvalue weighted by molar-refractivity contribution is -0.131. The second kappa shape index (κ2) is 4.52. The van der Waals surface area contributed by atoms with Gasteiger partial charge in [0.15, 0.2) is 0 Å². The maximum absolute atomic E-state index is 11.8. The molecule has 1 heterocycles. The van der Waals surface area contributed by atoms with Crippen LogP contribution >= 0.6 is 0 Å². The Morgan fingerprint density at radius 1 is 1.27 bits per heavy atom. The van der Waals surface area contributed by atoms with Crippen molar-refractivity contribution < 1.29 is 4.79 Å². The van der Waals surface area contributed by atoms with Crippen molar-refractivity contribution in [3.63, 3.8) is 0 Å². The van der Waals surface area contributed by atoms with Gasteiger partial charge < -0.3 is 10.6 Å². The Balaban J connectivity index is 1.88. The standard InChI is InChI=1S/C12H22N2O/c1-2-9-3-5-10(6-4-9)14-8-7-11(13)12(14)15/h9-11H,2-8,13H2,1H3. The van der Waals surface area contributed by atoms with Gasteiger partial charge in [0.05, 0.1) is 6.04 Å². The summed E-state index contributed by atoms with van der Waals surface area (Å²) in [6, 6.07) is 0.280. The van der Waals surface area contributed by atoms with E-state index in [1.807, 2.05) is 4.90 Å². The van der Waals surface area contributed by atoms with Crippen LogP contribution < -0.4 is 5.73 Å². The molecular weight excluding hydrogens is 188 g/mol. The zero-order valence-electron chi connectivity index (χ0n) is 9.61. The minimum Gasteiger partial charge on any atom is -0.338 e. The Morgan fingerprint density at radius 2 is 1.93 bits per heavy atom. The number of nitrogens with zero attached hydrogens (tertiary/aromatic N) is 1. The molecule has 0 aromatic rings. The third kappa shape index (κ3) is 2.17. The van der Waals surface area contributed by atoms with Gasteiger partial charge >= 0.3 is 0 Å². The molecule has 0 aromatic carbocycles. The van der Waals surface area contributed by atoms with Gasteiger partial charge in [-0.25, -0.2) is 0 Å². The minimum absolute atomic E-state index is 0.190. The van der Waals surface area contributed by atoms with Crippen molar-refractivity contribution in [3.8, 4) is 0 Å². The van der Waals surface area contributed by atoms with Crippen LogP contribution in [0.1, 0.15) is 45.4 Å². The fourth-order valence-electron chi connectivity index (χ4n) is 2.95. The molecule has 2 rings (SSSR count).